The minimum Gasteiger partial charge on any atom is -0.496 e. The molecule has 0 bridgehead atoms. The first-order chi connectivity index (χ1) is 9.49. The number of piperazine rings is 1. The molecule has 6 heteroatoms. The zero-order valence-corrected chi connectivity index (χ0v) is 11.4. The number of ether oxygens (including phenoxy) is 1. The lowest BCUT2D eigenvalue weighted by Gasteiger charge is -2.26. The summed E-state index contributed by atoms with van der Waals surface area (Å²) in [7, 11) is 1.54. The van der Waals surface area contributed by atoms with Gasteiger partial charge in [0.1, 0.15) is 5.75 Å². The molecule has 0 aromatic heterocycles. The summed E-state index contributed by atoms with van der Waals surface area (Å²) in [5.74, 6) is -0.0410. The SMILES string of the molecule is COc1ccc(C(C)=O)cc1CN1CC(=O)NC(=O)C1. The van der Waals surface area contributed by atoms with E-state index in [2.05, 4.69) is 5.32 Å². The molecule has 2 amide bonds. The highest BCUT2D eigenvalue weighted by Gasteiger charge is 2.23. The Bertz CT molecular complexity index is 552. The average Bonchev–Trinajstić information content (AvgIpc) is 2.37. The molecule has 0 radical (unpaired) electrons. The fourth-order valence-electron chi connectivity index (χ4n) is 2.17. The standard InChI is InChI=1S/C14H16N2O4/c1-9(17)10-3-4-12(20-2)11(5-10)6-16-7-13(18)15-14(19)8-16/h3-5H,6-8H2,1-2H3,(H,15,18,19). The summed E-state index contributed by atoms with van der Waals surface area (Å²) in [6.45, 7) is 2.17. The van der Waals surface area contributed by atoms with Crippen LogP contribution in [0.5, 0.6) is 5.75 Å². The molecule has 1 saturated heterocycles. The first kappa shape index (κ1) is 14.2. The van der Waals surface area contributed by atoms with Crippen LogP contribution in [-0.4, -0.2) is 42.7 Å². The Hall–Kier alpha value is -2.21. The molecule has 1 fully saturated rings. The van der Waals surface area contributed by atoms with Gasteiger partial charge in [-0.15, -0.1) is 0 Å². The summed E-state index contributed by atoms with van der Waals surface area (Å²) in [6.07, 6.45) is 0. The Morgan fingerprint density at radius 1 is 1.30 bits per heavy atom. The van der Waals surface area contributed by atoms with E-state index in [1.54, 1.807) is 30.2 Å². The van der Waals surface area contributed by atoms with Crippen LogP contribution in [0.1, 0.15) is 22.8 Å². The molecule has 20 heavy (non-hydrogen) atoms. The zero-order chi connectivity index (χ0) is 14.7. The van der Waals surface area contributed by atoms with Gasteiger partial charge in [0.05, 0.1) is 20.2 Å². The second kappa shape index (κ2) is 5.83. The maximum absolute atomic E-state index is 11.4. The van der Waals surface area contributed by atoms with Crippen molar-refractivity contribution in [1.29, 1.82) is 0 Å². The quantitative estimate of drug-likeness (QED) is 0.634. The van der Waals surface area contributed by atoms with E-state index in [-0.39, 0.29) is 30.7 Å². The van der Waals surface area contributed by atoms with Crippen LogP contribution >= 0.6 is 0 Å². The van der Waals surface area contributed by atoms with Crippen LogP contribution < -0.4 is 10.1 Å². The third-order valence-electron chi connectivity index (χ3n) is 3.09. The van der Waals surface area contributed by atoms with Crippen LogP contribution in [0.2, 0.25) is 0 Å². The number of amides is 2. The van der Waals surface area contributed by atoms with Crippen molar-refractivity contribution in [2.75, 3.05) is 20.2 Å². The zero-order valence-electron chi connectivity index (χ0n) is 11.4. The Morgan fingerprint density at radius 2 is 1.95 bits per heavy atom. The molecular weight excluding hydrogens is 260 g/mol. The minimum absolute atomic E-state index is 0.0404. The van der Waals surface area contributed by atoms with Crippen molar-refractivity contribution in [3.05, 3.63) is 29.3 Å². The maximum atomic E-state index is 11.4. The van der Waals surface area contributed by atoms with Gasteiger partial charge in [0.2, 0.25) is 11.8 Å². The van der Waals surface area contributed by atoms with Gasteiger partial charge in [0, 0.05) is 17.7 Å². The molecule has 0 spiro atoms. The van der Waals surface area contributed by atoms with Crippen molar-refractivity contribution in [3.63, 3.8) is 0 Å². The van der Waals surface area contributed by atoms with Gasteiger partial charge in [-0.3, -0.25) is 24.6 Å². The highest BCUT2D eigenvalue weighted by atomic mass is 16.5. The van der Waals surface area contributed by atoms with Gasteiger partial charge in [0.25, 0.3) is 0 Å². The summed E-state index contributed by atoms with van der Waals surface area (Å²) in [6, 6.07) is 5.15. The molecule has 6 nitrogen and oxygen atoms in total. The van der Waals surface area contributed by atoms with Crippen LogP contribution in [0.15, 0.2) is 18.2 Å². The van der Waals surface area contributed by atoms with Crippen molar-refractivity contribution in [3.8, 4) is 5.75 Å². The van der Waals surface area contributed by atoms with Crippen molar-refractivity contribution in [2.45, 2.75) is 13.5 Å². The number of benzene rings is 1. The lowest BCUT2D eigenvalue weighted by atomic mass is 10.1. The number of hydrogen-bond acceptors (Lipinski definition) is 5. The van der Waals surface area contributed by atoms with Crippen molar-refractivity contribution >= 4 is 17.6 Å². The number of carbonyl (C=O) groups excluding carboxylic acids is 3. The number of Topliss-reactive ketones (excluding diaryl/α,β-unsaturated/α-hetero) is 1. The van der Waals surface area contributed by atoms with Crippen molar-refractivity contribution in [2.24, 2.45) is 0 Å². The predicted molar refractivity (Wildman–Crippen MR) is 71.4 cm³/mol. The normalized spacial score (nSPS) is 15.9. The van der Waals surface area contributed by atoms with Crippen LogP contribution in [0.4, 0.5) is 0 Å². The van der Waals surface area contributed by atoms with Gasteiger partial charge < -0.3 is 4.74 Å². The molecule has 1 aromatic carbocycles. The first-order valence-electron chi connectivity index (χ1n) is 6.22. The summed E-state index contributed by atoms with van der Waals surface area (Å²) in [5, 5.41) is 2.25. The molecule has 106 valence electrons. The van der Waals surface area contributed by atoms with E-state index in [9.17, 15) is 14.4 Å². The molecule has 1 aliphatic rings. The topological polar surface area (TPSA) is 75.7 Å². The van der Waals surface area contributed by atoms with E-state index in [0.717, 1.165) is 5.56 Å². The monoisotopic (exact) mass is 276 g/mol. The number of nitrogens with zero attached hydrogens (tertiary/aromatic N) is 1. The Morgan fingerprint density at radius 3 is 2.50 bits per heavy atom. The van der Waals surface area contributed by atoms with Crippen molar-refractivity contribution < 1.29 is 19.1 Å². The molecule has 0 atom stereocenters. The second-order valence-electron chi connectivity index (χ2n) is 4.70. The molecule has 0 unspecified atom stereocenters. The first-order valence-corrected chi connectivity index (χ1v) is 6.22. The lowest BCUT2D eigenvalue weighted by Crippen LogP contribution is -2.50. The van der Waals surface area contributed by atoms with Crippen LogP contribution in [0.25, 0.3) is 0 Å². The number of imide groups is 1. The van der Waals surface area contributed by atoms with Crippen molar-refractivity contribution in [1.82, 2.24) is 10.2 Å². The highest BCUT2D eigenvalue weighted by molar-refractivity contribution is 5.99. The molecule has 1 aliphatic heterocycles. The van der Waals surface area contributed by atoms with Crippen LogP contribution in [0, 0.1) is 0 Å². The van der Waals surface area contributed by atoms with E-state index < -0.39 is 0 Å². The maximum Gasteiger partial charge on any atom is 0.240 e. The van der Waals surface area contributed by atoms with Gasteiger partial charge in [-0.2, -0.15) is 0 Å². The lowest BCUT2D eigenvalue weighted by molar-refractivity contribution is -0.136. The molecule has 1 aromatic rings. The summed E-state index contributed by atoms with van der Waals surface area (Å²) < 4.78 is 5.25. The molecule has 1 N–H and O–H groups in total. The molecular formula is C14H16N2O4. The number of rotatable bonds is 4. The Kier molecular flexibility index (Phi) is 4.14. The summed E-state index contributed by atoms with van der Waals surface area (Å²) >= 11 is 0. The third kappa shape index (κ3) is 3.21. The number of nitrogens with one attached hydrogen (secondary N) is 1. The Balaban J connectivity index is 2.22. The number of ketones is 1. The fraction of sp³-hybridized carbons (Fsp3) is 0.357. The molecule has 2 rings (SSSR count). The van der Waals surface area contributed by atoms with Gasteiger partial charge >= 0.3 is 0 Å². The minimum atomic E-state index is -0.317. The van der Waals surface area contributed by atoms with Gasteiger partial charge in [-0.05, 0) is 25.1 Å². The molecule has 0 saturated carbocycles. The highest BCUT2D eigenvalue weighted by Crippen LogP contribution is 2.22. The van der Waals surface area contributed by atoms with E-state index in [4.69, 9.17) is 4.74 Å². The number of hydrogen-bond donors (Lipinski definition) is 1. The number of methoxy groups -OCH3 is 1. The van der Waals surface area contributed by atoms with E-state index in [1.807, 2.05) is 0 Å². The fourth-order valence-corrected chi connectivity index (χ4v) is 2.17. The summed E-state index contributed by atoms with van der Waals surface area (Å²) in [5.41, 5.74) is 1.36. The summed E-state index contributed by atoms with van der Waals surface area (Å²) in [4.78, 5) is 35.8. The van der Waals surface area contributed by atoms with E-state index in [0.29, 0.717) is 17.9 Å². The molecule has 1 heterocycles. The van der Waals surface area contributed by atoms with Gasteiger partial charge in [-0.25, -0.2) is 0 Å². The second-order valence-corrected chi connectivity index (χ2v) is 4.70. The predicted octanol–water partition coefficient (Wildman–Crippen LogP) is 0.356. The van der Waals surface area contributed by atoms with Crippen LogP contribution in [-0.2, 0) is 16.1 Å². The largest absolute Gasteiger partial charge is 0.496 e. The molecule has 0 aliphatic carbocycles. The van der Waals surface area contributed by atoms with E-state index >= 15 is 0 Å². The third-order valence-corrected chi connectivity index (χ3v) is 3.09. The van der Waals surface area contributed by atoms with Crippen LogP contribution in [0.3, 0.4) is 0 Å². The van der Waals surface area contributed by atoms with E-state index in [1.165, 1.54) is 6.92 Å². The number of carbonyl (C=O) groups is 3. The average molecular weight is 276 g/mol. The smallest absolute Gasteiger partial charge is 0.240 e. The van der Waals surface area contributed by atoms with Gasteiger partial charge in [-0.1, -0.05) is 0 Å². The Labute approximate surface area is 116 Å². The van der Waals surface area contributed by atoms with Gasteiger partial charge in [0.15, 0.2) is 5.78 Å².